The van der Waals surface area contributed by atoms with E-state index in [9.17, 15) is 0 Å². The SMILES string of the molecule is CCNC(Cc1ccccc1)C1CC2CCC(C1)N2C. The summed E-state index contributed by atoms with van der Waals surface area (Å²) in [6.07, 6.45) is 6.79. The minimum absolute atomic E-state index is 0.652. The molecule has 2 fully saturated rings. The zero-order valence-electron chi connectivity index (χ0n) is 12.9. The highest BCUT2D eigenvalue weighted by Gasteiger charge is 2.40. The van der Waals surface area contributed by atoms with E-state index in [4.69, 9.17) is 0 Å². The van der Waals surface area contributed by atoms with Gasteiger partial charge in [0.2, 0.25) is 0 Å². The summed E-state index contributed by atoms with van der Waals surface area (Å²) in [5.41, 5.74) is 1.48. The van der Waals surface area contributed by atoms with Crippen molar-refractivity contribution in [3.8, 4) is 0 Å². The van der Waals surface area contributed by atoms with E-state index in [-0.39, 0.29) is 0 Å². The fourth-order valence-electron chi connectivity index (χ4n) is 4.32. The highest BCUT2D eigenvalue weighted by molar-refractivity contribution is 5.16. The second kappa shape index (κ2) is 6.28. The average Bonchev–Trinajstić information content (AvgIpc) is 2.69. The van der Waals surface area contributed by atoms with Gasteiger partial charge in [-0.05, 0) is 57.2 Å². The smallest absolute Gasteiger partial charge is 0.0137 e. The predicted octanol–water partition coefficient (Wildman–Crippen LogP) is 3.08. The molecule has 3 atom stereocenters. The molecule has 2 aliphatic heterocycles. The number of hydrogen-bond acceptors (Lipinski definition) is 2. The maximum Gasteiger partial charge on any atom is 0.0137 e. The minimum Gasteiger partial charge on any atom is -0.314 e. The lowest BCUT2D eigenvalue weighted by molar-refractivity contribution is 0.112. The molecule has 0 radical (unpaired) electrons. The summed E-state index contributed by atoms with van der Waals surface area (Å²) >= 11 is 0. The van der Waals surface area contributed by atoms with Crippen molar-refractivity contribution in [1.29, 1.82) is 0 Å². The van der Waals surface area contributed by atoms with Crippen LogP contribution in [0.2, 0.25) is 0 Å². The van der Waals surface area contributed by atoms with Gasteiger partial charge in [0.05, 0.1) is 0 Å². The van der Waals surface area contributed by atoms with Crippen molar-refractivity contribution in [2.24, 2.45) is 5.92 Å². The van der Waals surface area contributed by atoms with Gasteiger partial charge >= 0.3 is 0 Å². The molecule has 1 aromatic carbocycles. The van der Waals surface area contributed by atoms with Gasteiger partial charge in [-0.15, -0.1) is 0 Å². The Hall–Kier alpha value is -0.860. The van der Waals surface area contributed by atoms with E-state index in [1.165, 1.54) is 37.7 Å². The van der Waals surface area contributed by atoms with Gasteiger partial charge in [0.15, 0.2) is 0 Å². The summed E-state index contributed by atoms with van der Waals surface area (Å²) in [6, 6.07) is 13.3. The number of nitrogens with zero attached hydrogens (tertiary/aromatic N) is 1. The summed E-state index contributed by atoms with van der Waals surface area (Å²) in [5.74, 6) is 0.851. The number of hydrogen-bond donors (Lipinski definition) is 1. The summed E-state index contributed by atoms with van der Waals surface area (Å²) in [4.78, 5) is 2.64. The van der Waals surface area contributed by atoms with Crippen LogP contribution in [0.15, 0.2) is 30.3 Å². The van der Waals surface area contributed by atoms with Crippen LogP contribution < -0.4 is 5.32 Å². The first-order valence-electron chi connectivity index (χ1n) is 8.27. The molecule has 0 aliphatic carbocycles. The lowest BCUT2D eigenvalue weighted by Gasteiger charge is -2.40. The molecule has 0 spiro atoms. The zero-order chi connectivity index (χ0) is 13.9. The topological polar surface area (TPSA) is 15.3 Å². The van der Waals surface area contributed by atoms with Crippen molar-refractivity contribution >= 4 is 0 Å². The standard InChI is InChI=1S/C18H28N2/c1-3-19-18(11-14-7-5-4-6-8-14)15-12-16-9-10-17(13-15)20(16)2/h4-8,15-19H,3,9-13H2,1-2H3. The fourth-order valence-corrected chi connectivity index (χ4v) is 4.32. The van der Waals surface area contributed by atoms with Gasteiger partial charge in [0.1, 0.15) is 0 Å². The van der Waals surface area contributed by atoms with E-state index < -0.39 is 0 Å². The third-order valence-electron chi connectivity index (χ3n) is 5.47. The van der Waals surface area contributed by atoms with E-state index in [0.29, 0.717) is 6.04 Å². The zero-order valence-corrected chi connectivity index (χ0v) is 12.9. The van der Waals surface area contributed by atoms with Crippen LogP contribution in [0.25, 0.3) is 0 Å². The van der Waals surface area contributed by atoms with Crippen LogP contribution in [0.1, 0.15) is 38.2 Å². The summed E-state index contributed by atoms with van der Waals surface area (Å²) in [6.45, 7) is 3.32. The monoisotopic (exact) mass is 272 g/mol. The minimum atomic E-state index is 0.652. The summed E-state index contributed by atoms with van der Waals surface area (Å²) in [5, 5.41) is 3.77. The first-order chi connectivity index (χ1) is 9.78. The molecule has 2 saturated heterocycles. The number of nitrogens with one attached hydrogen (secondary N) is 1. The third kappa shape index (κ3) is 2.91. The van der Waals surface area contributed by atoms with E-state index >= 15 is 0 Å². The molecule has 2 heteroatoms. The Balaban J connectivity index is 1.68. The molecular weight excluding hydrogens is 244 g/mol. The number of fused-ring (bicyclic) bond motifs is 2. The van der Waals surface area contributed by atoms with Crippen molar-refractivity contribution in [2.75, 3.05) is 13.6 Å². The molecule has 1 aromatic rings. The van der Waals surface area contributed by atoms with E-state index in [1.54, 1.807) is 0 Å². The van der Waals surface area contributed by atoms with Gasteiger partial charge < -0.3 is 10.2 Å². The predicted molar refractivity (Wildman–Crippen MR) is 84.9 cm³/mol. The molecule has 110 valence electrons. The van der Waals surface area contributed by atoms with Crippen molar-refractivity contribution in [3.05, 3.63) is 35.9 Å². The van der Waals surface area contributed by atoms with Crippen LogP contribution in [-0.2, 0) is 6.42 Å². The highest BCUT2D eigenvalue weighted by Crippen LogP contribution is 2.39. The van der Waals surface area contributed by atoms with Crippen LogP contribution in [0.3, 0.4) is 0 Å². The molecule has 2 aliphatic rings. The molecule has 3 rings (SSSR count). The van der Waals surface area contributed by atoms with Gasteiger partial charge in [-0.3, -0.25) is 0 Å². The number of piperidine rings is 1. The van der Waals surface area contributed by atoms with Crippen LogP contribution in [0, 0.1) is 5.92 Å². The summed E-state index contributed by atoms with van der Waals surface area (Å²) in [7, 11) is 2.33. The highest BCUT2D eigenvalue weighted by atomic mass is 15.2. The Kier molecular flexibility index (Phi) is 4.42. The van der Waals surface area contributed by atoms with E-state index in [2.05, 4.69) is 54.5 Å². The molecule has 0 saturated carbocycles. The maximum atomic E-state index is 3.77. The first kappa shape index (κ1) is 14.1. The Morgan fingerprint density at radius 3 is 2.40 bits per heavy atom. The third-order valence-corrected chi connectivity index (χ3v) is 5.47. The van der Waals surface area contributed by atoms with Crippen molar-refractivity contribution < 1.29 is 0 Å². The van der Waals surface area contributed by atoms with Crippen LogP contribution in [-0.4, -0.2) is 36.6 Å². The molecular formula is C18H28N2. The van der Waals surface area contributed by atoms with Crippen molar-refractivity contribution in [1.82, 2.24) is 10.2 Å². The molecule has 2 nitrogen and oxygen atoms in total. The van der Waals surface area contributed by atoms with Gasteiger partial charge in [-0.1, -0.05) is 37.3 Å². The molecule has 1 N–H and O–H groups in total. The first-order valence-corrected chi connectivity index (χ1v) is 8.27. The fraction of sp³-hybridized carbons (Fsp3) is 0.667. The lowest BCUT2D eigenvalue weighted by Crippen LogP contribution is -2.47. The molecule has 3 unspecified atom stereocenters. The Bertz CT molecular complexity index is 403. The number of rotatable bonds is 5. The van der Waals surface area contributed by atoms with Gasteiger partial charge in [-0.2, -0.15) is 0 Å². The van der Waals surface area contributed by atoms with Gasteiger partial charge in [-0.25, -0.2) is 0 Å². The maximum absolute atomic E-state index is 3.77. The van der Waals surface area contributed by atoms with Crippen molar-refractivity contribution in [2.45, 2.75) is 57.2 Å². The molecule has 20 heavy (non-hydrogen) atoms. The largest absolute Gasteiger partial charge is 0.314 e. The lowest BCUT2D eigenvalue weighted by atomic mass is 9.82. The number of benzene rings is 1. The van der Waals surface area contributed by atoms with Gasteiger partial charge in [0.25, 0.3) is 0 Å². The summed E-state index contributed by atoms with van der Waals surface area (Å²) < 4.78 is 0. The van der Waals surface area contributed by atoms with Crippen LogP contribution in [0.4, 0.5) is 0 Å². The normalized spacial score (nSPS) is 31.4. The molecule has 0 amide bonds. The molecule has 0 aromatic heterocycles. The van der Waals surface area contributed by atoms with Crippen LogP contribution in [0.5, 0.6) is 0 Å². The Labute approximate surface area is 123 Å². The van der Waals surface area contributed by atoms with E-state index in [0.717, 1.165) is 24.5 Å². The number of likely N-dealkylation sites (N-methyl/N-ethyl adjacent to an activating group) is 1. The second-order valence-electron chi connectivity index (χ2n) is 6.64. The molecule has 2 bridgehead atoms. The van der Waals surface area contributed by atoms with Crippen molar-refractivity contribution in [3.63, 3.8) is 0 Å². The Morgan fingerprint density at radius 2 is 1.80 bits per heavy atom. The van der Waals surface area contributed by atoms with Crippen LogP contribution >= 0.6 is 0 Å². The molecule has 2 heterocycles. The second-order valence-corrected chi connectivity index (χ2v) is 6.64. The van der Waals surface area contributed by atoms with Gasteiger partial charge in [0, 0.05) is 18.1 Å². The Morgan fingerprint density at radius 1 is 1.15 bits per heavy atom. The quantitative estimate of drug-likeness (QED) is 0.886. The average molecular weight is 272 g/mol. The van der Waals surface area contributed by atoms with E-state index in [1.807, 2.05) is 0 Å².